The van der Waals surface area contributed by atoms with Crippen LogP contribution in [0.1, 0.15) is 40.3 Å². The van der Waals surface area contributed by atoms with Gasteiger partial charge in [0.25, 0.3) is 0 Å². The van der Waals surface area contributed by atoms with Crippen molar-refractivity contribution >= 4 is 34.7 Å². The van der Waals surface area contributed by atoms with E-state index in [1.165, 1.54) is 6.92 Å². The summed E-state index contributed by atoms with van der Waals surface area (Å²) in [5, 5.41) is 0.151. The van der Waals surface area contributed by atoms with Gasteiger partial charge in [-0.25, -0.2) is 4.98 Å². The number of nitrogens with zero attached hydrogens (tertiary/aromatic N) is 4. The third-order valence-electron chi connectivity index (χ3n) is 5.45. The van der Waals surface area contributed by atoms with Crippen LogP contribution >= 0.6 is 11.6 Å². The van der Waals surface area contributed by atoms with Crippen molar-refractivity contribution < 1.29 is 19.0 Å². The Morgan fingerprint density at radius 1 is 1.52 bits per heavy atom. The number of imidazole rings is 1. The Labute approximate surface area is 162 Å². The quantitative estimate of drug-likeness (QED) is 0.603. The number of nitrogen functional groups attached to an aromatic ring is 1. The van der Waals surface area contributed by atoms with E-state index in [9.17, 15) is 4.79 Å². The molecule has 3 rings (SSSR count). The van der Waals surface area contributed by atoms with Gasteiger partial charge in [-0.3, -0.25) is 9.36 Å². The molecule has 0 saturated carbocycles. The first-order valence-corrected chi connectivity index (χ1v) is 9.16. The lowest BCUT2D eigenvalue weighted by Crippen LogP contribution is -2.47. The molecule has 2 N–H and O–H groups in total. The fourth-order valence-electron chi connectivity index (χ4n) is 3.93. The monoisotopic (exact) mass is 397 g/mol. The van der Waals surface area contributed by atoms with Gasteiger partial charge in [0.1, 0.15) is 11.1 Å². The Hall–Kier alpha value is -1.97. The van der Waals surface area contributed by atoms with Gasteiger partial charge in [0.2, 0.25) is 5.95 Å². The van der Waals surface area contributed by atoms with Crippen molar-refractivity contribution in [3.05, 3.63) is 11.5 Å². The fourth-order valence-corrected chi connectivity index (χ4v) is 4.15. The van der Waals surface area contributed by atoms with Crippen molar-refractivity contribution in [3.63, 3.8) is 0 Å². The van der Waals surface area contributed by atoms with Gasteiger partial charge < -0.3 is 19.9 Å². The molecule has 0 aliphatic carbocycles. The van der Waals surface area contributed by atoms with E-state index in [4.69, 9.17) is 31.5 Å². The second-order valence-electron chi connectivity index (χ2n) is 6.75. The van der Waals surface area contributed by atoms with Crippen LogP contribution in [0.15, 0.2) is 6.33 Å². The number of carbonyl (C=O) groups excluding carboxylic acids is 1. The summed E-state index contributed by atoms with van der Waals surface area (Å²) in [6, 6.07) is 0. The third kappa shape index (κ3) is 3.13. The molecule has 9 nitrogen and oxygen atoms in total. The molecule has 1 unspecified atom stereocenters. The number of aromatic nitrogens is 4. The van der Waals surface area contributed by atoms with E-state index in [2.05, 4.69) is 15.0 Å². The molecule has 1 aliphatic rings. The molecule has 0 spiro atoms. The molecule has 2 aromatic rings. The molecule has 0 aromatic carbocycles. The Morgan fingerprint density at radius 3 is 2.81 bits per heavy atom. The highest BCUT2D eigenvalue weighted by molar-refractivity contribution is 6.33. The second-order valence-corrected chi connectivity index (χ2v) is 7.11. The summed E-state index contributed by atoms with van der Waals surface area (Å²) in [5.41, 5.74) is 5.91. The number of hydrogen-bond donors (Lipinski definition) is 1. The molecule has 1 saturated heterocycles. The number of carbonyl (C=O) groups is 1. The zero-order chi connectivity index (χ0) is 19.9. The number of rotatable bonds is 5. The lowest BCUT2D eigenvalue weighted by molar-refractivity contribution is -0.161. The summed E-state index contributed by atoms with van der Waals surface area (Å²) >= 11 is 6.13. The van der Waals surface area contributed by atoms with Crippen LogP contribution in [0.5, 0.6) is 0 Å². The van der Waals surface area contributed by atoms with Gasteiger partial charge in [-0.05, 0) is 13.3 Å². The Balaban J connectivity index is 2.13. The van der Waals surface area contributed by atoms with E-state index in [0.29, 0.717) is 17.6 Å². The molecule has 10 heteroatoms. The highest BCUT2D eigenvalue weighted by Gasteiger charge is 2.57. The predicted molar refractivity (Wildman–Crippen MR) is 99.1 cm³/mol. The number of fused-ring (bicyclic) bond motifs is 1. The van der Waals surface area contributed by atoms with Crippen LogP contribution in [-0.4, -0.2) is 50.4 Å². The Morgan fingerprint density at radius 2 is 2.22 bits per heavy atom. The number of nitrogens with two attached hydrogens (primary N) is 1. The maximum Gasteiger partial charge on any atom is 0.303 e. The van der Waals surface area contributed by atoms with Gasteiger partial charge in [-0.2, -0.15) is 9.97 Å². The largest absolute Gasteiger partial charge is 0.457 e. The van der Waals surface area contributed by atoms with Crippen LogP contribution in [0.4, 0.5) is 5.95 Å². The maximum absolute atomic E-state index is 11.8. The molecule has 27 heavy (non-hydrogen) atoms. The van der Waals surface area contributed by atoms with Crippen LogP contribution in [-0.2, 0) is 19.0 Å². The van der Waals surface area contributed by atoms with E-state index in [0.717, 1.165) is 0 Å². The normalized spacial score (nSPS) is 29.2. The topological polar surface area (TPSA) is 114 Å². The van der Waals surface area contributed by atoms with Gasteiger partial charge in [-0.1, -0.05) is 25.4 Å². The van der Waals surface area contributed by atoms with E-state index in [-0.39, 0.29) is 23.1 Å². The van der Waals surface area contributed by atoms with Crippen LogP contribution in [0.2, 0.25) is 5.15 Å². The molecule has 0 bridgehead atoms. The van der Waals surface area contributed by atoms with Crippen molar-refractivity contribution in [3.8, 4) is 0 Å². The van der Waals surface area contributed by atoms with Gasteiger partial charge in [0.15, 0.2) is 23.1 Å². The molecular formula is C17H24ClN5O4. The number of methoxy groups -OCH3 is 1. The number of ether oxygens (including phenoxy) is 3. The summed E-state index contributed by atoms with van der Waals surface area (Å²) < 4.78 is 19.4. The zero-order valence-corrected chi connectivity index (χ0v) is 16.7. The SMILES string of the molecule is CC[C@]1(C(C)OC)O[C@@H](n2cnc3c(Cl)nc(N)nc32)[C@H](OC(C)=O)[C@@H]1C. The van der Waals surface area contributed by atoms with Gasteiger partial charge in [0, 0.05) is 20.0 Å². The summed E-state index contributed by atoms with van der Waals surface area (Å²) in [5.74, 6) is -0.510. The molecule has 1 fully saturated rings. The van der Waals surface area contributed by atoms with Crippen molar-refractivity contribution in [1.82, 2.24) is 19.5 Å². The third-order valence-corrected chi connectivity index (χ3v) is 5.71. The standard InChI is InChI=1S/C17H24ClN5O4/c1-6-17(9(3)25-5)8(2)12(26-10(4)24)15(27-17)23-7-20-11-13(18)21-16(19)22-14(11)23/h7-9,12,15H,6H2,1-5H3,(H2,19,21,22)/t8-,9?,12+,15+,17-/m0/s1. The van der Waals surface area contributed by atoms with Crippen molar-refractivity contribution in [1.29, 1.82) is 0 Å². The average molecular weight is 398 g/mol. The predicted octanol–water partition coefficient (Wildman–Crippen LogP) is 2.34. The highest BCUT2D eigenvalue weighted by Crippen LogP contribution is 2.48. The van der Waals surface area contributed by atoms with E-state index in [1.54, 1.807) is 18.0 Å². The first-order valence-electron chi connectivity index (χ1n) is 8.78. The summed E-state index contributed by atoms with van der Waals surface area (Å²) in [4.78, 5) is 24.2. The van der Waals surface area contributed by atoms with Crippen molar-refractivity contribution in [2.45, 2.75) is 58.2 Å². The molecule has 1 aliphatic heterocycles. The van der Waals surface area contributed by atoms with Gasteiger partial charge in [0.05, 0.1) is 12.4 Å². The number of hydrogen-bond acceptors (Lipinski definition) is 8. The van der Waals surface area contributed by atoms with Crippen LogP contribution in [0.25, 0.3) is 11.2 Å². The summed E-state index contributed by atoms with van der Waals surface area (Å²) in [6.45, 7) is 7.32. The zero-order valence-electron chi connectivity index (χ0n) is 16.0. The molecule has 5 atom stereocenters. The second kappa shape index (κ2) is 7.21. The van der Waals surface area contributed by atoms with E-state index in [1.807, 2.05) is 20.8 Å². The minimum atomic E-state index is -0.656. The fraction of sp³-hybridized carbons (Fsp3) is 0.647. The minimum Gasteiger partial charge on any atom is -0.457 e. The number of halogens is 1. The van der Waals surface area contributed by atoms with Crippen LogP contribution in [0, 0.1) is 5.92 Å². The van der Waals surface area contributed by atoms with Gasteiger partial charge in [-0.15, -0.1) is 0 Å². The minimum absolute atomic E-state index is 0.0244. The molecule has 148 valence electrons. The van der Waals surface area contributed by atoms with Crippen molar-refractivity contribution in [2.75, 3.05) is 12.8 Å². The smallest absolute Gasteiger partial charge is 0.303 e. The van der Waals surface area contributed by atoms with Crippen molar-refractivity contribution in [2.24, 2.45) is 5.92 Å². The Kier molecular flexibility index (Phi) is 5.29. The molecule has 3 heterocycles. The molecule has 0 amide bonds. The number of esters is 1. The summed E-state index contributed by atoms with van der Waals surface area (Å²) in [6.07, 6.45) is 0.770. The average Bonchev–Trinajstić information content (AvgIpc) is 3.15. The first-order chi connectivity index (χ1) is 12.7. The van der Waals surface area contributed by atoms with E-state index < -0.39 is 23.9 Å². The summed E-state index contributed by atoms with van der Waals surface area (Å²) in [7, 11) is 1.63. The van der Waals surface area contributed by atoms with Gasteiger partial charge >= 0.3 is 5.97 Å². The lowest BCUT2D eigenvalue weighted by atomic mass is 9.81. The first kappa shape index (κ1) is 19.8. The lowest BCUT2D eigenvalue weighted by Gasteiger charge is -2.36. The molecular weight excluding hydrogens is 374 g/mol. The Bertz CT molecular complexity index is 859. The molecule has 2 aromatic heterocycles. The molecule has 0 radical (unpaired) electrons. The van der Waals surface area contributed by atoms with Crippen LogP contribution < -0.4 is 5.73 Å². The van der Waals surface area contributed by atoms with E-state index >= 15 is 0 Å². The maximum atomic E-state index is 11.8. The highest BCUT2D eigenvalue weighted by atomic mass is 35.5. The van der Waals surface area contributed by atoms with Crippen LogP contribution in [0.3, 0.4) is 0 Å². The number of anilines is 1.